The molecule has 1 aliphatic heterocycles. The van der Waals surface area contributed by atoms with Gasteiger partial charge >= 0.3 is 5.97 Å². The van der Waals surface area contributed by atoms with E-state index in [0.29, 0.717) is 11.1 Å². The van der Waals surface area contributed by atoms with E-state index in [9.17, 15) is 19.5 Å². The number of nitrogens with zero attached hydrogens (tertiary/aromatic N) is 1. The summed E-state index contributed by atoms with van der Waals surface area (Å²) in [5.74, 6) is -1.55. The standard InChI is InChI=1S/C14H16N2O5.CH2O2/c1-21-12(18)6-5-10(13(15)19)16-7-9-8(14(16)20)3-2-4-11(9)17;2-1-3/h2-4,10,17H,5-7H2,1H3,(H2,15,19);1H,(H,2,3). The van der Waals surface area contributed by atoms with Gasteiger partial charge in [-0.15, -0.1) is 0 Å². The highest BCUT2D eigenvalue weighted by atomic mass is 16.5. The van der Waals surface area contributed by atoms with Crippen LogP contribution in [-0.2, 0) is 25.7 Å². The molecule has 0 fully saturated rings. The minimum Gasteiger partial charge on any atom is -0.508 e. The molecule has 4 N–H and O–H groups in total. The van der Waals surface area contributed by atoms with Crippen LogP contribution in [0.3, 0.4) is 0 Å². The molecule has 9 nitrogen and oxygen atoms in total. The number of rotatable bonds is 5. The molecule has 1 atom stereocenters. The Balaban J connectivity index is 0.000000891. The minimum absolute atomic E-state index is 0.000427. The van der Waals surface area contributed by atoms with Crippen molar-refractivity contribution in [3.05, 3.63) is 29.3 Å². The van der Waals surface area contributed by atoms with E-state index in [1.54, 1.807) is 12.1 Å². The first-order chi connectivity index (χ1) is 11.4. The third-order valence-corrected chi connectivity index (χ3v) is 3.53. The number of hydrogen-bond acceptors (Lipinski definition) is 6. The number of nitrogens with two attached hydrogens (primary N) is 1. The first-order valence-electron chi connectivity index (χ1n) is 6.93. The molecule has 9 heteroatoms. The fourth-order valence-corrected chi connectivity index (χ4v) is 2.40. The highest BCUT2D eigenvalue weighted by Crippen LogP contribution is 2.31. The minimum atomic E-state index is -0.914. The number of esters is 1. The maximum atomic E-state index is 12.3. The van der Waals surface area contributed by atoms with E-state index in [-0.39, 0.29) is 37.5 Å². The maximum Gasteiger partial charge on any atom is 0.305 e. The van der Waals surface area contributed by atoms with Crippen LogP contribution in [0, 0.1) is 0 Å². The monoisotopic (exact) mass is 338 g/mol. The van der Waals surface area contributed by atoms with E-state index in [1.165, 1.54) is 18.1 Å². The molecule has 0 bridgehead atoms. The summed E-state index contributed by atoms with van der Waals surface area (Å²) in [6.45, 7) is -0.157. The van der Waals surface area contributed by atoms with Gasteiger partial charge < -0.3 is 25.6 Å². The average molecular weight is 338 g/mol. The second-order valence-corrected chi connectivity index (χ2v) is 4.87. The van der Waals surface area contributed by atoms with Crippen molar-refractivity contribution in [1.82, 2.24) is 4.90 Å². The third kappa shape index (κ3) is 4.22. The number of fused-ring (bicyclic) bond motifs is 1. The molecule has 1 unspecified atom stereocenters. The highest BCUT2D eigenvalue weighted by Gasteiger charge is 2.36. The molecule has 1 aromatic carbocycles. The van der Waals surface area contributed by atoms with E-state index < -0.39 is 17.9 Å². The zero-order chi connectivity index (χ0) is 18.3. The molecule has 1 aromatic rings. The van der Waals surface area contributed by atoms with Gasteiger partial charge in [0.15, 0.2) is 0 Å². The molecule has 1 heterocycles. The lowest BCUT2D eigenvalue weighted by Crippen LogP contribution is -2.45. The van der Waals surface area contributed by atoms with Crippen molar-refractivity contribution in [3.63, 3.8) is 0 Å². The van der Waals surface area contributed by atoms with Gasteiger partial charge in [-0.05, 0) is 18.6 Å². The summed E-state index contributed by atoms with van der Waals surface area (Å²) in [4.78, 5) is 44.7. The molecule has 0 aliphatic carbocycles. The second kappa shape index (κ2) is 8.51. The van der Waals surface area contributed by atoms with E-state index in [0.717, 1.165) is 0 Å². The van der Waals surface area contributed by atoms with Crippen molar-refractivity contribution in [2.75, 3.05) is 7.11 Å². The number of ether oxygens (including phenoxy) is 1. The van der Waals surface area contributed by atoms with E-state index in [1.807, 2.05) is 0 Å². The van der Waals surface area contributed by atoms with Gasteiger partial charge in [-0.2, -0.15) is 0 Å². The Bertz CT molecular complexity index is 645. The van der Waals surface area contributed by atoms with Crippen molar-refractivity contribution in [3.8, 4) is 5.75 Å². The molecule has 0 spiro atoms. The van der Waals surface area contributed by atoms with Gasteiger partial charge in [0.25, 0.3) is 12.4 Å². The van der Waals surface area contributed by atoms with Crippen LogP contribution in [0.2, 0.25) is 0 Å². The summed E-state index contributed by atoms with van der Waals surface area (Å²) in [6, 6.07) is 3.70. The Hall–Kier alpha value is -3.10. The zero-order valence-electron chi connectivity index (χ0n) is 13.0. The summed E-state index contributed by atoms with van der Waals surface area (Å²) in [7, 11) is 1.25. The summed E-state index contributed by atoms with van der Waals surface area (Å²) in [5.41, 5.74) is 6.14. The van der Waals surface area contributed by atoms with Crippen LogP contribution in [0.5, 0.6) is 5.75 Å². The number of benzene rings is 1. The van der Waals surface area contributed by atoms with Crippen LogP contribution in [0.1, 0.15) is 28.8 Å². The number of hydrogen-bond donors (Lipinski definition) is 3. The van der Waals surface area contributed by atoms with Crippen molar-refractivity contribution in [1.29, 1.82) is 0 Å². The number of primary amides is 1. The summed E-state index contributed by atoms with van der Waals surface area (Å²) in [5, 5.41) is 16.7. The molecular formula is C15H18N2O7. The molecule has 1 aliphatic rings. The van der Waals surface area contributed by atoms with Crippen molar-refractivity contribution in [2.45, 2.75) is 25.4 Å². The van der Waals surface area contributed by atoms with Gasteiger partial charge in [0.05, 0.1) is 13.7 Å². The van der Waals surface area contributed by atoms with Crippen LogP contribution in [0.25, 0.3) is 0 Å². The van der Waals surface area contributed by atoms with Crippen molar-refractivity contribution >= 4 is 24.3 Å². The first kappa shape index (κ1) is 18.9. The van der Waals surface area contributed by atoms with Gasteiger partial charge in [0, 0.05) is 17.5 Å². The number of amides is 2. The van der Waals surface area contributed by atoms with Gasteiger partial charge in [0.2, 0.25) is 5.91 Å². The predicted molar refractivity (Wildman–Crippen MR) is 80.9 cm³/mol. The second-order valence-electron chi connectivity index (χ2n) is 4.87. The Morgan fingerprint density at radius 3 is 2.58 bits per heavy atom. The summed E-state index contributed by atoms with van der Waals surface area (Å²) >= 11 is 0. The normalized spacial score (nSPS) is 13.4. The van der Waals surface area contributed by atoms with Crippen LogP contribution in [0.15, 0.2) is 18.2 Å². The Labute approximate surface area is 137 Å². The van der Waals surface area contributed by atoms with Crippen LogP contribution < -0.4 is 5.73 Å². The van der Waals surface area contributed by atoms with Crippen molar-refractivity contribution in [2.24, 2.45) is 5.73 Å². The Morgan fingerprint density at radius 1 is 1.46 bits per heavy atom. The molecule has 2 amide bonds. The van der Waals surface area contributed by atoms with E-state index in [4.69, 9.17) is 15.6 Å². The smallest absolute Gasteiger partial charge is 0.305 e. The molecule has 0 radical (unpaired) electrons. The number of phenolic OH excluding ortho intramolecular Hbond substituents is 1. The molecule has 0 saturated carbocycles. The first-order valence-corrected chi connectivity index (χ1v) is 6.93. The zero-order valence-corrected chi connectivity index (χ0v) is 13.0. The van der Waals surface area contributed by atoms with Gasteiger partial charge in [0.1, 0.15) is 11.8 Å². The number of carboxylic acid groups (broad SMARTS) is 1. The molecule has 24 heavy (non-hydrogen) atoms. The largest absolute Gasteiger partial charge is 0.508 e. The maximum absolute atomic E-state index is 12.3. The van der Waals surface area contributed by atoms with Crippen molar-refractivity contribution < 1.29 is 34.1 Å². The van der Waals surface area contributed by atoms with Gasteiger partial charge in [-0.1, -0.05) is 6.07 Å². The van der Waals surface area contributed by atoms with Crippen LogP contribution >= 0.6 is 0 Å². The van der Waals surface area contributed by atoms with Gasteiger partial charge in [-0.3, -0.25) is 19.2 Å². The lowest BCUT2D eigenvalue weighted by molar-refractivity contribution is -0.141. The Kier molecular flexibility index (Phi) is 6.72. The number of carbonyl (C=O) groups excluding carboxylic acids is 3. The number of methoxy groups -OCH3 is 1. The topological polar surface area (TPSA) is 147 Å². The molecule has 0 aromatic heterocycles. The van der Waals surface area contributed by atoms with E-state index in [2.05, 4.69) is 4.74 Å². The average Bonchev–Trinajstić information content (AvgIpc) is 2.87. The van der Waals surface area contributed by atoms with E-state index >= 15 is 0 Å². The number of carbonyl (C=O) groups is 4. The van der Waals surface area contributed by atoms with Gasteiger partial charge in [-0.25, -0.2) is 0 Å². The fraction of sp³-hybridized carbons (Fsp3) is 0.333. The number of phenols is 1. The van der Waals surface area contributed by atoms with Crippen LogP contribution in [0.4, 0.5) is 0 Å². The SMILES string of the molecule is COC(=O)CCC(C(N)=O)N1Cc2c(O)cccc2C1=O.O=CO. The highest BCUT2D eigenvalue weighted by molar-refractivity contribution is 6.01. The molecular weight excluding hydrogens is 320 g/mol. The fourth-order valence-electron chi connectivity index (χ4n) is 2.40. The summed E-state index contributed by atoms with van der Waals surface area (Å²) < 4.78 is 4.52. The van der Waals surface area contributed by atoms with Crippen LogP contribution in [-0.4, -0.2) is 52.5 Å². The number of aromatic hydroxyl groups is 1. The summed E-state index contributed by atoms with van der Waals surface area (Å²) in [6.07, 6.45) is 0.0682. The Morgan fingerprint density at radius 2 is 2.08 bits per heavy atom. The molecule has 130 valence electrons. The third-order valence-electron chi connectivity index (χ3n) is 3.53. The molecule has 2 rings (SSSR count). The molecule has 0 saturated heterocycles. The predicted octanol–water partition coefficient (Wildman–Crippen LogP) is -0.144. The quantitative estimate of drug-likeness (QED) is 0.500. The lowest BCUT2D eigenvalue weighted by atomic mass is 10.1. The lowest BCUT2D eigenvalue weighted by Gasteiger charge is -2.24.